The van der Waals surface area contributed by atoms with E-state index in [9.17, 15) is 4.79 Å². The van der Waals surface area contributed by atoms with Gasteiger partial charge in [-0.1, -0.05) is 60.7 Å². The molecule has 34 heavy (non-hydrogen) atoms. The Morgan fingerprint density at radius 3 is 2.15 bits per heavy atom. The van der Waals surface area contributed by atoms with Crippen LogP contribution in [0.2, 0.25) is 0 Å². The summed E-state index contributed by atoms with van der Waals surface area (Å²) in [5, 5.41) is 3.18. The zero-order valence-electron chi connectivity index (χ0n) is 20.7. The number of benzene rings is 2. The number of nitrogens with one attached hydrogen (secondary N) is 1. The van der Waals surface area contributed by atoms with Crippen molar-refractivity contribution in [2.24, 2.45) is 0 Å². The van der Waals surface area contributed by atoms with Gasteiger partial charge < -0.3 is 9.73 Å². The van der Waals surface area contributed by atoms with E-state index < -0.39 is 0 Å². The Bertz CT molecular complexity index is 1030. The van der Waals surface area contributed by atoms with Crippen LogP contribution >= 0.6 is 0 Å². The van der Waals surface area contributed by atoms with Crippen LogP contribution in [0.4, 0.5) is 0 Å². The van der Waals surface area contributed by atoms with E-state index in [4.69, 9.17) is 4.42 Å². The van der Waals surface area contributed by atoms with Gasteiger partial charge in [0.25, 0.3) is 5.91 Å². The van der Waals surface area contributed by atoms with Crippen LogP contribution < -0.4 is 5.32 Å². The van der Waals surface area contributed by atoms with Crippen molar-refractivity contribution in [3.8, 4) is 0 Å². The molecule has 180 valence electrons. The molecular weight excluding hydrogens is 422 g/mol. The molecule has 5 heteroatoms. The van der Waals surface area contributed by atoms with Crippen LogP contribution in [0.1, 0.15) is 61.1 Å². The molecule has 1 aliphatic rings. The van der Waals surface area contributed by atoms with Crippen molar-refractivity contribution in [1.29, 1.82) is 0 Å². The van der Waals surface area contributed by atoms with Crippen LogP contribution in [0.25, 0.3) is 0 Å². The van der Waals surface area contributed by atoms with Gasteiger partial charge >= 0.3 is 0 Å². The summed E-state index contributed by atoms with van der Waals surface area (Å²) >= 11 is 0. The summed E-state index contributed by atoms with van der Waals surface area (Å²) in [4.78, 5) is 17.7. The van der Waals surface area contributed by atoms with Gasteiger partial charge in [-0.15, -0.1) is 0 Å². The Morgan fingerprint density at radius 2 is 1.53 bits per heavy atom. The lowest BCUT2D eigenvalue weighted by Gasteiger charge is -2.35. The minimum atomic E-state index is -0.113. The van der Waals surface area contributed by atoms with Crippen molar-refractivity contribution in [3.05, 3.63) is 95.4 Å². The highest BCUT2D eigenvalue weighted by atomic mass is 16.4. The van der Waals surface area contributed by atoms with Gasteiger partial charge in [-0.2, -0.15) is 0 Å². The van der Waals surface area contributed by atoms with Crippen molar-refractivity contribution in [3.63, 3.8) is 0 Å². The average Bonchev–Trinajstić information content (AvgIpc) is 3.30. The van der Waals surface area contributed by atoms with Crippen LogP contribution in [0.3, 0.4) is 0 Å². The van der Waals surface area contributed by atoms with Gasteiger partial charge in [-0.05, 0) is 56.9 Å². The minimum Gasteiger partial charge on any atom is -0.455 e. The molecule has 0 aliphatic carbocycles. The van der Waals surface area contributed by atoms with Crippen molar-refractivity contribution in [1.82, 2.24) is 15.1 Å². The molecule has 0 saturated carbocycles. The molecule has 0 bridgehead atoms. The number of carbonyl (C=O) groups is 1. The average molecular weight is 460 g/mol. The number of hydrogen-bond donors (Lipinski definition) is 1. The summed E-state index contributed by atoms with van der Waals surface area (Å²) in [6, 6.07) is 24.9. The first kappa shape index (κ1) is 24.2. The second-order valence-corrected chi connectivity index (χ2v) is 10.3. The Kier molecular flexibility index (Phi) is 7.86. The van der Waals surface area contributed by atoms with Crippen molar-refractivity contribution in [2.45, 2.75) is 64.8 Å². The lowest BCUT2D eigenvalue weighted by molar-refractivity contribution is 0.0865. The maximum absolute atomic E-state index is 12.8. The highest BCUT2D eigenvalue weighted by Gasteiger charge is 2.25. The SMILES string of the molecule is CC(C)(C)N(Cc1ccccc1)Cc1ccc(C(=O)NC2CCN(Cc3ccccc3)CC2)o1. The number of rotatable bonds is 8. The molecule has 0 radical (unpaired) electrons. The fraction of sp³-hybridized carbons (Fsp3) is 0.414. The quantitative estimate of drug-likeness (QED) is 0.485. The summed E-state index contributed by atoms with van der Waals surface area (Å²) in [5.74, 6) is 1.10. The predicted octanol–water partition coefficient (Wildman–Crippen LogP) is 5.47. The zero-order valence-corrected chi connectivity index (χ0v) is 20.7. The largest absolute Gasteiger partial charge is 0.455 e. The van der Waals surface area contributed by atoms with E-state index in [0.29, 0.717) is 12.3 Å². The summed E-state index contributed by atoms with van der Waals surface area (Å²) in [6.45, 7) is 11.0. The normalized spacial score (nSPS) is 15.5. The lowest BCUT2D eigenvalue weighted by atomic mass is 10.0. The van der Waals surface area contributed by atoms with Gasteiger partial charge in [0, 0.05) is 37.8 Å². The lowest BCUT2D eigenvalue weighted by Crippen LogP contribution is -2.44. The minimum absolute atomic E-state index is 0.0290. The molecule has 1 fully saturated rings. The molecule has 0 unspecified atom stereocenters. The van der Waals surface area contributed by atoms with Crippen LogP contribution in [0, 0.1) is 0 Å². The summed E-state index contributed by atoms with van der Waals surface area (Å²) in [6.07, 6.45) is 1.92. The van der Waals surface area contributed by atoms with Gasteiger partial charge in [-0.25, -0.2) is 0 Å². The van der Waals surface area contributed by atoms with Gasteiger partial charge in [0.05, 0.1) is 6.54 Å². The first-order valence-corrected chi connectivity index (χ1v) is 12.3. The van der Waals surface area contributed by atoms with Crippen LogP contribution in [-0.2, 0) is 19.6 Å². The third-order valence-corrected chi connectivity index (χ3v) is 6.57. The zero-order chi connectivity index (χ0) is 24.0. The summed E-state index contributed by atoms with van der Waals surface area (Å²) in [5.41, 5.74) is 2.57. The van der Waals surface area contributed by atoms with E-state index in [1.165, 1.54) is 11.1 Å². The van der Waals surface area contributed by atoms with E-state index >= 15 is 0 Å². The van der Waals surface area contributed by atoms with Crippen LogP contribution in [0.15, 0.2) is 77.2 Å². The Morgan fingerprint density at radius 1 is 0.912 bits per heavy atom. The van der Waals surface area contributed by atoms with Crippen LogP contribution in [0.5, 0.6) is 0 Å². The third kappa shape index (κ3) is 6.81. The smallest absolute Gasteiger partial charge is 0.287 e. The first-order valence-electron chi connectivity index (χ1n) is 12.3. The highest BCUT2D eigenvalue weighted by molar-refractivity contribution is 5.91. The standard InChI is InChI=1S/C29H37N3O2/c1-29(2,3)32(21-24-12-8-5-9-13-24)22-26-14-15-27(34-26)28(33)30-25-16-18-31(19-17-25)20-23-10-6-4-7-11-23/h4-15,25H,16-22H2,1-3H3,(H,30,33). The Labute approximate surface area is 203 Å². The monoisotopic (exact) mass is 459 g/mol. The molecule has 1 saturated heterocycles. The van der Waals surface area contributed by atoms with E-state index in [-0.39, 0.29) is 17.5 Å². The molecular formula is C29H37N3O2. The molecule has 5 nitrogen and oxygen atoms in total. The van der Waals surface area contributed by atoms with Gasteiger partial charge in [-0.3, -0.25) is 14.6 Å². The van der Waals surface area contributed by atoms with Crippen molar-refractivity contribution < 1.29 is 9.21 Å². The predicted molar refractivity (Wildman–Crippen MR) is 136 cm³/mol. The summed E-state index contributed by atoms with van der Waals surface area (Å²) in [7, 11) is 0. The molecule has 2 aromatic carbocycles. The number of amides is 1. The maximum Gasteiger partial charge on any atom is 0.287 e. The van der Waals surface area contributed by atoms with Crippen molar-refractivity contribution in [2.75, 3.05) is 13.1 Å². The third-order valence-electron chi connectivity index (χ3n) is 6.57. The number of furan rings is 1. The Balaban J connectivity index is 1.29. The van der Waals surface area contributed by atoms with Crippen molar-refractivity contribution >= 4 is 5.91 Å². The number of piperidine rings is 1. The molecule has 0 atom stereocenters. The number of nitrogens with zero attached hydrogens (tertiary/aromatic N) is 2. The van der Waals surface area contributed by atoms with E-state index in [0.717, 1.165) is 44.8 Å². The summed E-state index contributed by atoms with van der Waals surface area (Å²) < 4.78 is 5.99. The van der Waals surface area contributed by atoms with E-state index in [2.05, 4.69) is 90.5 Å². The van der Waals surface area contributed by atoms with Gasteiger partial charge in [0.1, 0.15) is 5.76 Å². The second-order valence-electron chi connectivity index (χ2n) is 10.3. The topological polar surface area (TPSA) is 48.7 Å². The fourth-order valence-corrected chi connectivity index (χ4v) is 4.44. The number of hydrogen-bond acceptors (Lipinski definition) is 4. The molecule has 4 rings (SSSR count). The molecule has 1 aromatic heterocycles. The number of likely N-dealkylation sites (tertiary alicyclic amines) is 1. The molecule has 1 amide bonds. The van der Waals surface area contributed by atoms with Gasteiger partial charge in [0.15, 0.2) is 5.76 Å². The molecule has 1 N–H and O–H groups in total. The second kappa shape index (κ2) is 11.0. The molecule has 2 heterocycles. The first-order chi connectivity index (χ1) is 16.4. The van der Waals surface area contributed by atoms with Gasteiger partial charge in [0.2, 0.25) is 0 Å². The van der Waals surface area contributed by atoms with E-state index in [1.807, 2.05) is 12.1 Å². The Hall–Kier alpha value is -2.89. The van der Waals surface area contributed by atoms with E-state index in [1.54, 1.807) is 6.07 Å². The highest BCUT2D eigenvalue weighted by Crippen LogP contribution is 2.22. The molecule has 0 spiro atoms. The number of carbonyl (C=O) groups excluding carboxylic acids is 1. The maximum atomic E-state index is 12.8. The molecule has 3 aromatic rings. The fourth-order valence-electron chi connectivity index (χ4n) is 4.44. The van der Waals surface area contributed by atoms with Crippen LogP contribution in [-0.4, -0.2) is 40.4 Å². The molecule has 1 aliphatic heterocycles.